The highest BCUT2D eigenvalue weighted by Gasteiger charge is 2.22. The molecule has 1 saturated heterocycles. The molecule has 1 fully saturated rings. The zero-order valence-corrected chi connectivity index (χ0v) is 16.2. The fourth-order valence-corrected chi connectivity index (χ4v) is 4.17. The van der Waals surface area contributed by atoms with Crippen LogP contribution < -0.4 is 9.64 Å². The third kappa shape index (κ3) is 4.22. The first-order chi connectivity index (χ1) is 13.7. The average Bonchev–Trinajstić information content (AvgIpc) is 3.22. The van der Waals surface area contributed by atoms with E-state index in [4.69, 9.17) is 10.00 Å². The van der Waals surface area contributed by atoms with E-state index < -0.39 is 6.10 Å². The minimum Gasteiger partial charge on any atom is -0.491 e. The van der Waals surface area contributed by atoms with Gasteiger partial charge in [-0.15, -0.1) is 11.3 Å². The molecule has 0 saturated carbocycles. The lowest BCUT2D eigenvalue weighted by Crippen LogP contribution is -2.49. The number of benzene rings is 1. The summed E-state index contributed by atoms with van der Waals surface area (Å²) in [5, 5.41) is 21.2. The molecule has 3 heterocycles. The smallest absolute Gasteiger partial charge is 0.150 e. The fourth-order valence-electron chi connectivity index (χ4n) is 3.31. The molecule has 0 radical (unpaired) electrons. The second-order valence-corrected chi connectivity index (χ2v) is 7.64. The summed E-state index contributed by atoms with van der Waals surface area (Å²) >= 11 is 1.67. The van der Waals surface area contributed by atoms with Crippen molar-refractivity contribution in [3.63, 3.8) is 0 Å². The molecule has 0 bridgehead atoms. The standard InChI is InChI=1S/C20H21N5O2S/c21-11-15-1-3-17(4-2-15)27-13-16(26)12-24-6-8-25(9-7-24)20-19-18(5-10-28-19)22-14-23-20/h1-5,10,14,16,26H,6-9,12-13H2/t16-/m0/s1. The van der Waals surface area contributed by atoms with E-state index in [1.807, 2.05) is 11.4 Å². The molecule has 1 N–H and O–H groups in total. The Balaban J connectivity index is 1.26. The van der Waals surface area contributed by atoms with Crippen LogP contribution in [0.2, 0.25) is 0 Å². The van der Waals surface area contributed by atoms with Gasteiger partial charge in [-0.3, -0.25) is 4.90 Å². The van der Waals surface area contributed by atoms with Gasteiger partial charge in [0, 0.05) is 32.7 Å². The van der Waals surface area contributed by atoms with Gasteiger partial charge in [0.25, 0.3) is 0 Å². The Hall–Kier alpha value is -2.73. The van der Waals surface area contributed by atoms with Crippen LogP contribution in [0.3, 0.4) is 0 Å². The average molecular weight is 395 g/mol. The fraction of sp³-hybridized carbons (Fsp3) is 0.350. The molecular weight excluding hydrogens is 374 g/mol. The van der Waals surface area contributed by atoms with Crippen molar-refractivity contribution < 1.29 is 9.84 Å². The number of aliphatic hydroxyl groups excluding tert-OH is 1. The molecule has 28 heavy (non-hydrogen) atoms. The molecule has 0 unspecified atom stereocenters. The molecule has 1 atom stereocenters. The van der Waals surface area contributed by atoms with Crippen LogP contribution in [0.15, 0.2) is 42.0 Å². The molecule has 0 aliphatic carbocycles. The van der Waals surface area contributed by atoms with Crippen LogP contribution in [0, 0.1) is 11.3 Å². The van der Waals surface area contributed by atoms with Crippen LogP contribution in [0.1, 0.15) is 5.56 Å². The van der Waals surface area contributed by atoms with Crippen LogP contribution in [0.25, 0.3) is 10.2 Å². The Morgan fingerprint density at radius 2 is 1.93 bits per heavy atom. The monoisotopic (exact) mass is 395 g/mol. The van der Waals surface area contributed by atoms with E-state index in [0.717, 1.165) is 42.2 Å². The van der Waals surface area contributed by atoms with E-state index in [9.17, 15) is 5.11 Å². The lowest BCUT2D eigenvalue weighted by molar-refractivity contribution is 0.0663. The van der Waals surface area contributed by atoms with Crippen molar-refractivity contribution in [2.24, 2.45) is 0 Å². The molecule has 144 valence electrons. The first-order valence-corrected chi connectivity index (χ1v) is 10.1. The zero-order valence-electron chi connectivity index (χ0n) is 15.4. The second kappa shape index (κ2) is 8.52. The number of ether oxygens (including phenoxy) is 1. The highest BCUT2D eigenvalue weighted by molar-refractivity contribution is 7.17. The quantitative estimate of drug-likeness (QED) is 0.684. The molecule has 1 aliphatic heterocycles. The second-order valence-electron chi connectivity index (χ2n) is 6.72. The number of nitriles is 1. The molecule has 8 heteroatoms. The predicted octanol–water partition coefficient (Wildman–Crippen LogP) is 2.12. The third-order valence-electron chi connectivity index (χ3n) is 4.79. The van der Waals surface area contributed by atoms with Crippen LogP contribution in [-0.4, -0.2) is 65.4 Å². The molecule has 1 aliphatic rings. The number of thiophene rings is 1. The number of β-amino-alcohol motifs (C(OH)–C–C–N with tert-alkyl or cyclic N) is 1. The van der Waals surface area contributed by atoms with Crippen molar-refractivity contribution in [2.75, 3.05) is 44.2 Å². The summed E-state index contributed by atoms with van der Waals surface area (Å²) in [7, 11) is 0. The molecule has 7 nitrogen and oxygen atoms in total. The maximum Gasteiger partial charge on any atom is 0.150 e. The van der Waals surface area contributed by atoms with Gasteiger partial charge >= 0.3 is 0 Å². The molecule has 3 aromatic rings. The van der Waals surface area contributed by atoms with Crippen molar-refractivity contribution in [1.29, 1.82) is 5.26 Å². The van der Waals surface area contributed by atoms with Gasteiger partial charge < -0.3 is 14.7 Å². The van der Waals surface area contributed by atoms with Gasteiger partial charge in [-0.2, -0.15) is 5.26 Å². The Labute approximate surface area is 167 Å². The van der Waals surface area contributed by atoms with Gasteiger partial charge in [-0.05, 0) is 35.7 Å². The lowest BCUT2D eigenvalue weighted by atomic mass is 10.2. The van der Waals surface area contributed by atoms with Crippen LogP contribution in [0.4, 0.5) is 5.82 Å². The van der Waals surface area contributed by atoms with Crippen molar-refractivity contribution in [1.82, 2.24) is 14.9 Å². The highest BCUT2D eigenvalue weighted by Crippen LogP contribution is 2.28. The van der Waals surface area contributed by atoms with E-state index in [2.05, 4.69) is 25.8 Å². The Morgan fingerprint density at radius 1 is 1.14 bits per heavy atom. The summed E-state index contributed by atoms with van der Waals surface area (Å²) in [4.78, 5) is 13.3. The summed E-state index contributed by atoms with van der Waals surface area (Å²) in [6.07, 6.45) is 1.06. The summed E-state index contributed by atoms with van der Waals surface area (Å²) in [5.41, 5.74) is 1.59. The topological polar surface area (TPSA) is 85.5 Å². The van der Waals surface area contributed by atoms with Gasteiger partial charge in [-0.25, -0.2) is 9.97 Å². The number of fused-ring (bicyclic) bond motifs is 1. The number of anilines is 1. The van der Waals surface area contributed by atoms with Crippen LogP contribution in [-0.2, 0) is 0 Å². The summed E-state index contributed by atoms with van der Waals surface area (Å²) in [5.74, 6) is 1.66. The predicted molar refractivity (Wildman–Crippen MR) is 109 cm³/mol. The number of aliphatic hydroxyl groups is 1. The Kier molecular flexibility index (Phi) is 5.67. The van der Waals surface area contributed by atoms with Gasteiger partial charge in [0.2, 0.25) is 0 Å². The minimum absolute atomic E-state index is 0.230. The van der Waals surface area contributed by atoms with Gasteiger partial charge in [-0.1, -0.05) is 0 Å². The number of rotatable bonds is 6. The van der Waals surface area contributed by atoms with Crippen molar-refractivity contribution in [3.05, 3.63) is 47.6 Å². The molecule has 4 rings (SSSR count). The summed E-state index contributed by atoms with van der Waals surface area (Å²) in [6, 6.07) is 11.0. The first-order valence-electron chi connectivity index (χ1n) is 9.19. The molecule has 0 spiro atoms. The minimum atomic E-state index is -0.565. The highest BCUT2D eigenvalue weighted by atomic mass is 32.1. The lowest BCUT2D eigenvalue weighted by Gasteiger charge is -2.36. The number of hydrogen-bond donors (Lipinski definition) is 1. The van der Waals surface area contributed by atoms with Crippen LogP contribution in [0.5, 0.6) is 5.75 Å². The van der Waals surface area contributed by atoms with Crippen molar-refractivity contribution in [2.45, 2.75) is 6.10 Å². The van der Waals surface area contributed by atoms with E-state index in [0.29, 0.717) is 17.9 Å². The van der Waals surface area contributed by atoms with Gasteiger partial charge in [0.15, 0.2) is 0 Å². The Bertz CT molecular complexity index is 961. The maximum absolute atomic E-state index is 10.3. The number of aromatic nitrogens is 2. The summed E-state index contributed by atoms with van der Waals surface area (Å²) in [6.45, 7) is 4.27. The third-order valence-corrected chi connectivity index (χ3v) is 5.69. The normalized spacial score (nSPS) is 16.1. The Morgan fingerprint density at radius 3 is 2.68 bits per heavy atom. The molecule has 0 amide bonds. The molecule has 2 aromatic heterocycles. The number of piperazine rings is 1. The molecular formula is C20H21N5O2S. The van der Waals surface area contributed by atoms with E-state index in [1.54, 1.807) is 41.9 Å². The largest absolute Gasteiger partial charge is 0.491 e. The van der Waals surface area contributed by atoms with Crippen LogP contribution >= 0.6 is 11.3 Å². The number of nitrogens with zero attached hydrogens (tertiary/aromatic N) is 5. The summed E-state index contributed by atoms with van der Waals surface area (Å²) < 4.78 is 6.76. The van der Waals surface area contributed by atoms with E-state index >= 15 is 0 Å². The van der Waals surface area contributed by atoms with Crippen molar-refractivity contribution in [3.8, 4) is 11.8 Å². The number of hydrogen-bond acceptors (Lipinski definition) is 8. The zero-order chi connectivity index (χ0) is 19.3. The van der Waals surface area contributed by atoms with Gasteiger partial charge in [0.05, 0.1) is 21.8 Å². The maximum atomic E-state index is 10.3. The van der Waals surface area contributed by atoms with E-state index in [1.165, 1.54) is 0 Å². The van der Waals surface area contributed by atoms with E-state index in [-0.39, 0.29) is 6.61 Å². The molecule has 1 aromatic carbocycles. The SMILES string of the molecule is N#Cc1ccc(OC[C@@H](O)CN2CCN(c3ncnc4ccsc34)CC2)cc1. The first kappa shape index (κ1) is 18.6. The van der Waals surface area contributed by atoms with Crippen molar-refractivity contribution >= 4 is 27.4 Å². The van der Waals surface area contributed by atoms with Gasteiger partial charge in [0.1, 0.15) is 30.6 Å².